The Kier molecular flexibility index (Phi) is 2.11. The SMILES string of the molecule is CC1(C)Cc2ccc3c(C4CC4)c(C(=O)O)oc3c2O1. The molecule has 2 aromatic rings. The third-order valence-corrected chi connectivity index (χ3v) is 4.11. The highest BCUT2D eigenvalue weighted by Gasteiger charge is 2.37. The Morgan fingerprint density at radius 1 is 1.35 bits per heavy atom. The Morgan fingerprint density at radius 2 is 2.10 bits per heavy atom. The van der Waals surface area contributed by atoms with E-state index in [2.05, 4.69) is 0 Å². The number of furan rings is 1. The monoisotopic (exact) mass is 272 g/mol. The molecular formula is C16H16O4. The second-order valence-corrected chi connectivity index (χ2v) is 6.39. The lowest BCUT2D eigenvalue weighted by molar-refractivity contribution is 0.0663. The van der Waals surface area contributed by atoms with Crippen molar-refractivity contribution in [2.75, 3.05) is 0 Å². The second kappa shape index (κ2) is 3.57. The average Bonchev–Trinajstić information content (AvgIpc) is 3.02. The molecule has 0 amide bonds. The van der Waals surface area contributed by atoms with Crippen LogP contribution in [0.15, 0.2) is 16.5 Å². The van der Waals surface area contributed by atoms with Gasteiger partial charge in [-0.05, 0) is 32.6 Å². The van der Waals surface area contributed by atoms with E-state index in [0.29, 0.717) is 11.5 Å². The topological polar surface area (TPSA) is 59.7 Å². The number of rotatable bonds is 2. The normalized spacial score (nSPS) is 19.9. The summed E-state index contributed by atoms with van der Waals surface area (Å²) >= 11 is 0. The summed E-state index contributed by atoms with van der Waals surface area (Å²) in [6.45, 7) is 4.06. The lowest BCUT2D eigenvalue weighted by Crippen LogP contribution is -2.24. The van der Waals surface area contributed by atoms with Gasteiger partial charge in [0.2, 0.25) is 5.76 Å². The number of aromatic carboxylic acids is 1. The van der Waals surface area contributed by atoms with Gasteiger partial charge in [0, 0.05) is 22.9 Å². The molecule has 0 bridgehead atoms. The van der Waals surface area contributed by atoms with Crippen LogP contribution in [0.1, 0.15) is 54.3 Å². The third kappa shape index (κ3) is 1.57. The molecule has 20 heavy (non-hydrogen) atoms. The van der Waals surface area contributed by atoms with Crippen LogP contribution < -0.4 is 4.74 Å². The average molecular weight is 272 g/mol. The first kappa shape index (κ1) is 11.8. The minimum Gasteiger partial charge on any atom is -0.483 e. The van der Waals surface area contributed by atoms with Crippen molar-refractivity contribution < 1.29 is 19.1 Å². The molecule has 4 rings (SSSR count). The molecule has 4 heteroatoms. The first-order valence-corrected chi connectivity index (χ1v) is 6.97. The maximum absolute atomic E-state index is 11.4. The van der Waals surface area contributed by atoms with E-state index in [1.165, 1.54) is 0 Å². The Hall–Kier alpha value is -1.97. The highest BCUT2D eigenvalue weighted by molar-refractivity contribution is 5.98. The van der Waals surface area contributed by atoms with Gasteiger partial charge in [-0.25, -0.2) is 4.79 Å². The quantitative estimate of drug-likeness (QED) is 0.905. The molecule has 0 spiro atoms. The molecule has 1 aliphatic heterocycles. The van der Waals surface area contributed by atoms with Crippen molar-refractivity contribution in [3.63, 3.8) is 0 Å². The number of benzene rings is 1. The van der Waals surface area contributed by atoms with Crippen LogP contribution in [0.25, 0.3) is 11.0 Å². The van der Waals surface area contributed by atoms with Crippen LogP contribution in [0.5, 0.6) is 5.75 Å². The lowest BCUT2D eigenvalue weighted by Gasteiger charge is -2.16. The molecule has 1 saturated carbocycles. The summed E-state index contributed by atoms with van der Waals surface area (Å²) < 4.78 is 11.6. The van der Waals surface area contributed by atoms with Gasteiger partial charge in [-0.1, -0.05) is 12.1 Å². The summed E-state index contributed by atoms with van der Waals surface area (Å²) in [6.07, 6.45) is 2.90. The molecule has 1 N–H and O–H groups in total. The number of carbonyl (C=O) groups is 1. The van der Waals surface area contributed by atoms with Gasteiger partial charge in [0.25, 0.3) is 0 Å². The fourth-order valence-electron chi connectivity index (χ4n) is 3.15. The van der Waals surface area contributed by atoms with Crippen LogP contribution in [-0.4, -0.2) is 16.7 Å². The maximum Gasteiger partial charge on any atom is 0.372 e. The van der Waals surface area contributed by atoms with E-state index in [4.69, 9.17) is 9.15 Å². The van der Waals surface area contributed by atoms with Gasteiger partial charge < -0.3 is 14.3 Å². The molecule has 1 aromatic carbocycles. The number of carboxylic acid groups (broad SMARTS) is 1. The van der Waals surface area contributed by atoms with Crippen LogP contribution in [0.4, 0.5) is 0 Å². The predicted octanol–water partition coefficient (Wildman–Crippen LogP) is 3.72. The summed E-state index contributed by atoms with van der Waals surface area (Å²) in [7, 11) is 0. The molecule has 0 radical (unpaired) electrons. The maximum atomic E-state index is 11.4. The number of carboxylic acids is 1. The van der Waals surface area contributed by atoms with E-state index >= 15 is 0 Å². The van der Waals surface area contributed by atoms with E-state index < -0.39 is 5.97 Å². The van der Waals surface area contributed by atoms with Crippen LogP contribution in [0, 0.1) is 0 Å². The van der Waals surface area contributed by atoms with E-state index in [1.807, 2.05) is 26.0 Å². The Morgan fingerprint density at radius 3 is 2.75 bits per heavy atom. The van der Waals surface area contributed by atoms with Gasteiger partial charge in [-0.3, -0.25) is 0 Å². The summed E-state index contributed by atoms with van der Waals surface area (Å²) in [5.41, 5.74) is 2.29. The second-order valence-electron chi connectivity index (χ2n) is 6.39. The lowest BCUT2D eigenvalue weighted by atomic mass is 9.99. The zero-order valence-electron chi connectivity index (χ0n) is 11.5. The Bertz CT molecular complexity index is 735. The molecule has 104 valence electrons. The minimum atomic E-state index is -0.992. The van der Waals surface area contributed by atoms with E-state index in [-0.39, 0.29) is 11.4 Å². The van der Waals surface area contributed by atoms with E-state index in [1.54, 1.807) is 0 Å². The van der Waals surface area contributed by atoms with Gasteiger partial charge in [0.15, 0.2) is 11.3 Å². The highest BCUT2D eigenvalue weighted by Crippen LogP contribution is 2.50. The first-order valence-electron chi connectivity index (χ1n) is 6.97. The molecule has 1 aromatic heterocycles. The molecule has 2 heterocycles. The van der Waals surface area contributed by atoms with Gasteiger partial charge in [-0.2, -0.15) is 0 Å². The Balaban J connectivity index is 2.00. The van der Waals surface area contributed by atoms with Gasteiger partial charge in [-0.15, -0.1) is 0 Å². The summed E-state index contributed by atoms with van der Waals surface area (Å²) in [5.74, 6) is 0.148. The smallest absolute Gasteiger partial charge is 0.372 e. The highest BCUT2D eigenvalue weighted by atomic mass is 16.5. The third-order valence-electron chi connectivity index (χ3n) is 4.11. The van der Waals surface area contributed by atoms with Crippen molar-refractivity contribution >= 4 is 16.9 Å². The molecule has 0 saturated heterocycles. The van der Waals surface area contributed by atoms with Crippen LogP contribution in [0.3, 0.4) is 0 Å². The molecule has 0 unspecified atom stereocenters. The summed E-state index contributed by atoms with van der Waals surface area (Å²) in [4.78, 5) is 11.4. The van der Waals surface area contributed by atoms with Gasteiger partial charge in [0.05, 0.1) is 0 Å². The van der Waals surface area contributed by atoms with Gasteiger partial charge in [0.1, 0.15) is 5.60 Å². The van der Waals surface area contributed by atoms with E-state index in [0.717, 1.165) is 41.5 Å². The minimum absolute atomic E-state index is 0.0872. The van der Waals surface area contributed by atoms with Crippen LogP contribution in [0.2, 0.25) is 0 Å². The molecule has 0 atom stereocenters. The van der Waals surface area contributed by atoms with Crippen LogP contribution >= 0.6 is 0 Å². The predicted molar refractivity (Wildman–Crippen MR) is 73.6 cm³/mol. The number of hydrogen-bond acceptors (Lipinski definition) is 3. The van der Waals surface area contributed by atoms with Crippen molar-refractivity contribution in [1.29, 1.82) is 0 Å². The van der Waals surface area contributed by atoms with Crippen molar-refractivity contribution in [2.24, 2.45) is 0 Å². The molecule has 4 nitrogen and oxygen atoms in total. The standard InChI is InChI=1S/C16H16O4/c1-16(2)7-9-5-6-10-11(8-3-4-8)14(15(17)18)19-13(10)12(9)20-16/h5-6,8H,3-4,7H2,1-2H3,(H,17,18). The van der Waals surface area contributed by atoms with Crippen molar-refractivity contribution in [3.05, 3.63) is 29.0 Å². The van der Waals surface area contributed by atoms with Crippen molar-refractivity contribution in [1.82, 2.24) is 0 Å². The number of ether oxygens (including phenoxy) is 1. The van der Waals surface area contributed by atoms with Gasteiger partial charge >= 0.3 is 5.97 Å². The number of fused-ring (bicyclic) bond motifs is 3. The zero-order chi connectivity index (χ0) is 14.1. The Labute approximate surface area is 116 Å². The molecule has 1 aliphatic carbocycles. The van der Waals surface area contributed by atoms with Crippen molar-refractivity contribution in [3.8, 4) is 5.75 Å². The van der Waals surface area contributed by atoms with Crippen molar-refractivity contribution in [2.45, 2.75) is 44.6 Å². The fourth-order valence-corrected chi connectivity index (χ4v) is 3.15. The molecule has 2 aliphatic rings. The first-order chi connectivity index (χ1) is 9.46. The number of hydrogen-bond donors (Lipinski definition) is 1. The summed E-state index contributed by atoms with van der Waals surface area (Å²) in [5, 5.41) is 10.3. The largest absolute Gasteiger partial charge is 0.483 e. The fraction of sp³-hybridized carbons (Fsp3) is 0.438. The molecular weight excluding hydrogens is 256 g/mol. The zero-order valence-corrected chi connectivity index (χ0v) is 11.5. The molecule has 1 fully saturated rings. The van der Waals surface area contributed by atoms with Crippen LogP contribution in [-0.2, 0) is 6.42 Å². The summed E-state index contributed by atoms with van der Waals surface area (Å²) in [6, 6.07) is 4.03. The van der Waals surface area contributed by atoms with E-state index in [9.17, 15) is 9.90 Å².